The number of anilines is 2. The fourth-order valence-corrected chi connectivity index (χ4v) is 4.05. The number of benzene rings is 2. The third-order valence-electron chi connectivity index (χ3n) is 3.75. The van der Waals surface area contributed by atoms with Crippen molar-refractivity contribution in [2.75, 3.05) is 10.0 Å². The van der Waals surface area contributed by atoms with Crippen molar-refractivity contribution in [3.05, 3.63) is 59.2 Å². The first kappa shape index (κ1) is 14.9. The van der Waals surface area contributed by atoms with Gasteiger partial charge in [-0.3, -0.25) is 9.52 Å². The second-order valence-electron chi connectivity index (χ2n) is 5.26. The minimum atomic E-state index is -3.87. The summed E-state index contributed by atoms with van der Waals surface area (Å²) in [5, 5.41) is 4.22. The number of hydrogen-bond acceptors (Lipinski definition) is 4. The van der Waals surface area contributed by atoms with Gasteiger partial charge in [0.2, 0.25) is 0 Å². The van der Waals surface area contributed by atoms with Crippen LogP contribution in [-0.4, -0.2) is 19.3 Å². The van der Waals surface area contributed by atoms with Gasteiger partial charge in [0.1, 0.15) is 5.82 Å². The van der Waals surface area contributed by atoms with E-state index in [-0.39, 0.29) is 16.6 Å². The molecule has 1 amide bonds. The van der Waals surface area contributed by atoms with Crippen LogP contribution in [-0.2, 0) is 10.0 Å². The van der Waals surface area contributed by atoms with Crippen LogP contribution >= 0.6 is 11.6 Å². The molecule has 2 heterocycles. The van der Waals surface area contributed by atoms with Crippen molar-refractivity contribution in [3.63, 3.8) is 0 Å². The molecule has 6 nitrogen and oxygen atoms in total. The van der Waals surface area contributed by atoms with Crippen molar-refractivity contribution >= 4 is 49.8 Å². The van der Waals surface area contributed by atoms with Gasteiger partial charge in [0.15, 0.2) is 0 Å². The van der Waals surface area contributed by atoms with Crippen LogP contribution in [0.25, 0.3) is 10.8 Å². The van der Waals surface area contributed by atoms with Crippen molar-refractivity contribution < 1.29 is 13.2 Å². The summed E-state index contributed by atoms with van der Waals surface area (Å²) in [6.45, 7) is 0. The van der Waals surface area contributed by atoms with E-state index in [9.17, 15) is 13.2 Å². The summed E-state index contributed by atoms with van der Waals surface area (Å²) in [6, 6.07) is 11.1. The van der Waals surface area contributed by atoms with Crippen molar-refractivity contribution in [2.24, 2.45) is 0 Å². The number of halogens is 1. The molecule has 1 aliphatic heterocycles. The Labute approximate surface area is 142 Å². The lowest BCUT2D eigenvalue weighted by atomic mass is 10.1. The highest BCUT2D eigenvalue weighted by molar-refractivity contribution is 7.93. The first-order valence-electron chi connectivity index (χ1n) is 6.97. The van der Waals surface area contributed by atoms with E-state index in [1.54, 1.807) is 30.3 Å². The number of pyridine rings is 1. The largest absolute Gasteiger partial charge is 0.321 e. The Bertz CT molecular complexity index is 1100. The summed E-state index contributed by atoms with van der Waals surface area (Å²) in [5.74, 6) is -0.0747. The Morgan fingerprint density at radius 1 is 1.08 bits per heavy atom. The van der Waals surface area contributed by atoms with Gasteiger partial charge < -0.3 is 5.32 Å². The quantitative estimate of drug-likeness (QED) is 0.751. The summed E-state index contributed by atoms with van der Waals surface area (Å²) in [5.41, 5.74) is 1.07. The molecule has 0 radical (unpaired) electrons. The van der Waals surface area contributed by atoms with Gasteiger partial charge in [-0.2, -0.15) is 0 Å². The fourth-order valence-electron chi connectivity index (χ4n) is 2.73. The zero-order chi connectivity index (χ0) is 16.9. The highest BCUT2D eigenvalue weighted by Gasteiger charge is 2.26. The lowest BCUT2D eigenvalue weighted by molar-refractivity contribution is 0.103. The number of amides is 1. The number of rotatable bonds is 3. The molecule has 0 saturated carbocycles. The molecule has 0 atom stereocenters. The van der Waals surface area contributed by atoms with E-state index in [1.807, 2.05) is 0 Å². The van der Waals surface area contributed by atoms with Crippen molar-refractivity contribution in [3.8, 4) is 0 Å². The van der Waals surface area contributed by atoms with Crippen LogP contribution in [0.1, 0.15) is 10.4 Å². The first-order valence-corrected chi connectivity index (χ1v) is 8.83. The predicted molar refractivity (Wildman–Crippen MR) is 92.0 cm³/mol. The van der Waals surface area contributed by atoms with E-state index < -0.39 is 10.0 Å². The lowest BCUT2D eigenvalue weighted by Gasteiger charge is -2.10. The van der Waals surface area contributed by atoms with Gasteiger partial charge >= 0.3 is 0 Å². The number of aromatic nitrogens is 1. The molecule has 0 bridgehead atoms. The third kappa shape index (κ3) is 2.29. The standard InChI is InChI=1S/C16H10ClN3O3S/c17-9-4-7-14(18-8-9)20-24(22,23)13-6-5-12-15-10(13)2-1-3-11(15)16(21)19-12/h1-8H,(H,18,20)(H,19,21). The molecule has 0 saturated heterocycles. The number of hydrogen-bond donors (Lipinski definition) is 2. The molecule has 1 aromatic heterocycles. The van der Waals surface area contributed by atoms with E-state index in [1.165, 1.54) is 18.3 Å². The summed E-state index contributed by atoms with van der Waals surface area (Å²) < 4.78 is 27.9. The molecule has 0 spiro atoms. The highest BCUT2D eigenvalue weighted by atomic mass is 35.5. The van der Waals surface area contributed by atoms with Crippen molar-refractivity contribution in [2.45, 2.75) is 4.90 Å². The molecule has 8 heteroatoms. The third-order valence-corrected chi connectivity index (χ3v) is 5.39. The Balaban J connectivity index is 1.86. The minimum Gasteiger partial charge on any atom is -0.321 e. The van der Waals surface area contributed by atoms with Gasteiger partial charge in [0.25, 0.3) is 15.9 Å². The Hall–Kier alpha value is -2.64. The first-order chi connectivity index (χ1) is 11.5. The van der Waals surface area contributed by atoms with Crippen LogP contribution in [0.15, 0.2) is 53.6 Å². The number of sulfonamides is 1. The molecule has 2 N–H and O–H groups in total. The van der Waals surface area contributed by atoms with Gasteiger partial charge in [0.05, 0.1) is 9.92 Å². The van der Waals surface area contributed by atoms with E-state index in [0.29, 0.717) is 27.0 Å². The maximum Gasteiger partial charge on any atom is 0.263 e. The second-order valence-corrected chi connectivity index (χ2v) is 7.35. The molecule has 3 aromatic rings. The zero-order valence-corrected chi connectivity index (χ0v) is 13.6. The van der Waals surface area contributed by atoms with Gasteiger partial charge in [-0.25, -0.2) is 13.4 Å². The van der Waals surface area contributed by atoms with Gasteiger partial charge in [0, 0.05) is 28.2 Å². The molecule has 0 aliphatic carbocycles. The summed E-state index contributed by atoms with van der Waals surface area (Å²) in [6.07, 6.45) is 1.36. The Morgan fingerprint density at radius 3 is 2.67 bits per heavy atom. The SMILES string of the molecule is O=C1Nc2ccc(S(=O)(=O)Nc3ccc(Cl)cn3)c3cccc1c23. The normalized spacial score (nSPS) is 13.1. The van der Waals surface area contributed by atoms with E-state index in [0.717, 1.165) is 0 Å². The summed E-state index contributed by atoms with van der Waals surface area (Å²) in [7, 11) is -3.87. The molecule has 120 valence electrons. The van der Waals surface area contributed by atoms with Crippen LogP contribution in [0.3, 0.4) is 0 Å². The Morgan fingerprint density at radius 2 is 1.92 bits per heavy atom. The number of nitrogens with zero attached hydrogens (tertiary/aromatic N) is 1. The predicted octanol–water partition coefficient (Wildman–Crippen LogP) is 3.25. The van der Waals surface area contributed by atoms with E-state index in [4.69, 9.17) is 11.6 Å². The van der Waals surface area contributed by atoms with Gasteiger partial charge in [-0.15, -0.1) is 0 Å². The molecular formula is C16H10ClN3O3S. The number of nitrogens with one attached hydrogen (secondary N) is 2. The summed E-state index contributed by atoms with van der Waals surface area (Å²) >= 11 is 5.75. The average Bonchev–Trinajstić information content (AvgIpc) is 2.88. The number of carbonyl (C=O) groups is 1. The molecule has 24 heavy (non-hydrogen) atoms. The van der Waals surface area contributed by atoms with Crippen LogP contribution in [0.4, 0.5) is 11.5 Å². The Kier molecular flexibility index (Phi) is 3.22. The monoisotopic (exact) mass is 359 g/mol. The molecule has 2 aromatic carbocycles. The fraction of sp³-hybridized carbons (Fsp3) is 0. The molecule has 1 aliphatic rings. The molecule has 0 unspecified atom stereocenters. The molecular weight excluding hydrogens is 350 g/mol. The van der Waals surface area contributed by atoms with E-state index in [2.05, 4.69) is 15.0 Å². The van der Waals surface area contributed by atoms with Gasteiger partial charge in [-0.1, -0.05) is 23.7 Å². The molecule has 4 rings (SSSR count). The van der Waals surface area contributed by atoms with Crippen LogP contribution < -0.4 is 10.0 Å². The lowest BCUT2D eigenvalue weighted by Crippen LogP contribution is -2.14. The van der Waals surface area contributed by atoms with Gasteiger partial charge in [-0.05, 0) is 30.3 Å². The maximum atomic E-state index is 12.7. The van der Waals surface area contributed by atoms with Crippen LogP contribution in [0.2, 0.25) is 5.02 Å². The smallest absolute Gasteiger partial charge is 0.263 e. The number of carbonyl (C=O) groups excluding carboxylic acids is 1. The van der Waals surface area contributed by atoms with Crippen molar-refractivity contribution in [1.82, 2.24) is 4.98 Å². The van der Waals surface area contributed by atoms with Crippen LogP contribution in [0, 0.1) is 0 Å². The van der Waals surface area contributed by atoms with E-state index >= 15 is 0 Å². The zero-order valence-electron chi connectivity index (χ0n) is 12.1. The average molecular weight is 360 g/mol. The summed E-state index contributed by atoms with van der Waals surface area (Å²) in [4.78, 5) is 16.0. The topological polar surface area (TPSA) is 88.2 Å². The van der Waals surface area contributed by atoms with Crippen molar-refractivity contribution in [1.29, 1.82) is 0 Å². The van der Waals surface area contributed by atoms with Crippen LogP contribution in [0.5, 0.6) is 0 Å². The minimum absolute atomic E-state index is 0.0800. The molecule has 0 fully saturated rings. The second kappa shape index (κ2) is 5.19. The highest BCUT2D eigenvalue weighted by Crippen LogP contribution is 2.36. The maximum absolute atomic E-state index is 12.7.